The molecule has 0 heterocycles. The molecular formula is C14H21NO4S2. The predicted octanol–water partition coefficient (Wildman–Crippen LogP) is 2.37. The van der Waals surface area contributed by atoms with E-state index < -0.39 is 16.0 Å². The van der Waals surface area contributed by atoms with Gasteiger partial charge in [0.2, 0.25) is 10.0 Å². The van der Waals surface area contributed by atoms with Crippen LogP contribution in [-0.2, 0) is 16.4 Å². The molecule has 0 aliphatic rings. The minimum absolute atomic E-state index is 0.00564. The van der Waals surface area contributed by atoms with Gasteiger partial charge in [-0.05, 0) is 36.8 Å². The van der Waals surface area contributed by atoms with Gasteiger partial charge in [0.15, 0.2) is 0 Å². The molecule has 0 aromatic heterocycles. The summed E-state index contributed by atoms with van der Waals surface area (Å²) in [6, 6.07) is 4.23. The summed E-state index contributed by atoms with van der Waals surface area (Å²) in [4.78, 5) is 11.2. The van der Waals surface area contributed by atoms with Crippen LogP contribution in [0.1, 0.15) is 36.2 Å². The summed E-state index contributed by atoms with van der Waals surface area (Å²) in [5.74, 6) is -1.11. The number of hydrogen-bond acceptors (Lipinski definition) is 4. The molecule has 7 heteroatoms. The maximum Gasteiger partial charge on any atom is 0.336 e. The Kier molecular flexibility index (Phi) is 6.70. The third kappa shape index (κ3) is 5.01. The first-order chi connectivity index (χ1) is 9.81. The number of aryl methyl sites for hydroxylation is 1. The molecule has 1 atom stereocenters. The average Bonchev–Trinajstić information content (AvgIpc) is 2.45. The van der Waals surface area contributed by atoms with Crippen molar-refractivity contribution in [1.29, 1.82) is 0 Å². The van der Waals surface area contributed by atoms with Crippen molar-refractivity contribution in [2.75, 3.05) is 12.8 Å². The van der Waals surface area contributed by atoms with Crippen molar-refractivity contribution in [3.05, 3.63) is 29.3 Å². The Hall–Kier alpha value is -1.05. The number of thioether (sulfide) groups is 1. The van der Waals surface area contributed by atoms with E-state index in [1.165, 1.54) is 12.1 Å². The molecule has 0 fully saturated rings. The topological polar surface area (TPSA) is 83.5 Å². The van der Waals surface area contributed by atoms with Crippen molar-refractivity contribution in [3.63, 3.8) is 0 Å². The van der Waals surface area contributed by atoms with Crippen LogP contribution < -0.4 is 4.72 Å². The fourth-order valence-corrected chi connectivity index (χ4v) is 3.25. The minimum atomic E-state index is -3.67. The Balaban J connectivity index is 2.93. The van der Waals surface area contributed by atoms with Crippen LogP contribution >= 0.6 is 11.8 Å². The van der Waals surface area contributed by atoms with E-state index in [0.717, 1.165) is 6.42 Å². The van der Waals surface area contributed by atoms with Crippen molar-refractivity contribution < 1.29 is 18.3 Å². The van der Waals surface area contributed by atoms with E-state index in [1.54, 1.807) is 17.8 Å². The smallest absolute Gasteiger partial charge is 0.336 e. The van der Waals surface area contributed by atoms with Crippen LogP contribution in [0.4, 0.5) is 0 Å². The highest BCUT2D eigenvalue weighted by Gasteiger charge is 2.18. The first-order valence-corrected chi connectivity index (χ1v) is 9.47. The fraction of sp³-hybridized carbons (Fsp3) is 0.500. The van der Waals surface area contributed by atoms with Crippen molar-refractivity contribution in [1.82, 2.24) is 4.72 Å². The second-order valence-electron chi connectivity index (χ2n) is 4.71. The number of carboxylic acids is 1. The molecule has 118 valence electrons. The van der Waals surface area contributed by atoms with Gasteiger partial charge in [0.25, 0.3) is 0 Å². The lowest BCUT2D eigenvalue weighted by Gasteiger charge is -2.11. The van der Waals surface area contributed by atoms with Crippen LogP contribution in [0.2, 0.25) is 0 Å². The van der Waals surface area contributed by atoms with E-state index in [-0.39, 0.29) is 10.5 Å². The van der Waals surface area contributed by atoms with Gasteiger partial charge in [0, 0.05) is 11.8 Å². The second-order valence-corrected chi connectivity index (χ2v) is 7.75. The van der Waals surface area contributed by atoms with E-state index in [2.05, 4.69) is 4.72 Å². The zero-order valence-electron chi connectivity index (χ0n) is 12.4. The first-order valence-electron chi connectivity index (χ1n) is 6.70. The van der Waals surface area contributed by atoms with Crippen molar-refractivity contribution >= 4 is 27.8 Å². The Morgan fingerprint density at radius 2 is 2.10 bits per heavy atom. The Labute approximate surface area is 130 Å². The number of carbonyl (C=O) groups is 1. The maximum absolute atomic E-state index is 12.2. The summed E-state index contributed by atoms with van der Waals surface area (Å²) in [6.45, 7) is 4.19. The van der Waals surface area contributed by atoms with Crippen molar-refractivity contribution in [2.24, 2.45) is 0 Å². The number of aromatic carboxylic acids is 1. The molecule has 1 unspecified atom stereocenters. The number of hydrogen-bond donors (Lipinski definition) is 2. The third-order valence-electron chi connectivity index (χ3n) is 3.25. The molecule has 1 rings (SSSR count). The van der Waals surface area contributed by atoms with E-state index >= 15 is 0 Å². The second kappa shape index (κ2) is 7.82. The van der Waals surface area contributed by atoms with Crippen molar-refractivity contribution in [2.45, 2.75) is 36.8 Å². The van der Waals surface area contributed by atoms with Gasteiger partial charge in [-0.25, -0.2) is 17.9 Å². The van der Waals surface area contributed by atoms with Crippen molar-refractivity contribution in [3.8, 4) is 0 Å². The molecule has 1 aromatic carbocycles. The van der Waals surface area contributed by atoms with E-state index in [4.69, 9.17) is 5.11 Å². The monoisotopic (exact) mass is 331 g/mol. The number of benzene rings is 1. The highest BCUT2D eigenvalue weighted by atomic mass is 32.2. The van der Waals surface area contributed by atoms with E-state index in [0.29, 0.717) is 23.8 Å². The van der Waals surface area contributed by atoms with Gasteiger partial charge in [-0.2, -0.15) is 11.8 Å². The first kappa shape index (κ1) is 18.0. The standard InChI is InChI=1S/C14H21NO4S2/c1-4-11-5-6-12(9-13(11)14(16)17)21(18,19)15-8-7-10(2)20-3/h5-6,9-10,15H,4,7-8H2,1-3H3,(H,16,17). The molecule has 0 saturated carbocycles. The molecule has 0 amide bonds. The molecule has 5 nitrogen and oxygen atoms in total. The molecular weight excluding hydrogens is 310 g/mol. The largest absolute Gasteiger partial charge is 0.478 e. The van der Waals surface area contributed by atoms with Crippen LogP contribution in [0.25, 0.3) is 0 Å². The highest BCUT2D eigenvalue weighted by molar-refractivity contribution is 7.99. The normalized spacial score (nSPS) is 13.1. The van der Waals surface area contributed by atoms with Gasteiger partial charge >= 0.3 is 5.97 Å². The lowest BCUT2D eigenvalue weighted by Crippen LogP contribution is -2.26. The molecule has 0 aliphatic carbocycles. The van der Waals surface area contributed by atoms with Gasteiger partial charge < -0.3 is 5.11 Å². The van der Waals surface area contributed by atoms with Gasteiger partial charge in [-0.15, -0.1) is 0 Å². The Morgan fingerprint density at radius 3 is 2.62 bits per heavy atom. The van der Waals surface area contributed by atoms with Gasteiger partial charge in [0.1, 0.15) is 0 Å². The average molecular weight is 331 g/mol. The van der Waals surface area contributed by atoms with Crippen LogP contribution in [0, 0.1) is 0 Å². The van der Waals surface area contributed by atoms with Crippen LogP contribution in [0.3, 0.4) is 0 Å². The summed E-state index contributed by atoms with van der Waals surface area (Å²) < 4.78 is 26.8. The third-order valence-corrected chi connectivity index (χ3v) is 5.75. The van der Waals surface area contributed by atoms with Gasteiger partial charge in [-0.3, -0.25) is 0 Å². The summed E-state index contributed by atoms with van der Waals surface area (Å²) >= 11 is 1.67. The van der Waals surface area contributed by atoms with E-state index in [1.807, 2.05) is 20.1 Å². The molecule has 1 aromatic rings. The maximum atomic E-state index is 12.2. The highest BCUT2D eigenvalue weighted by Crippen LogP contribution is 2.17. The van der Waals surface area contributed by atoms with Crippen LogP contribution in [0.5, 0.6) is 0 Å². The lowest BCUT2D eigenvalue weighted by molar-refractivity contribution is 0.0695. The molecule has 0 bridgehead atoms. The SMILES string of the molecule is CCc1ccc(S(=O)(=O)NCCC(C)SC)cc1C(=O)O. The number of nitrogens with one attached hydrogen (secondary N) is 1. The number of sulfonamides is 1. The number of carboxylic acid groups (broad SMARTS) is 1. The number of rotatable bonds is 8. The molecule has 0 aliphatic heterocycles. The van der Waals surface area contributed by atoms with Gasteiger partial charge in [-0.1, -0.05) is 19.9 Å². The lowest BCUT2D eigenvalue weighted by atomic mass is 10.1. The summed E-state index contributed by atoms with van der Waals surface area (Å²) in [7, 11) is -3.67. The summed E-state index contributed by atoms with van der Waals surface area (Å²) in [6.07, 6.45) is 3.24. The zero-order chi connectivity index (χ0) is 16.0. The Morgan fingerprint density at radius 1 is 1.43 bits per heavy atom. The fourth-order valence-electron chi connectivity index (χ4n) is 1.83. The minimum Gasteiger partial charge on any atom is -0.478 e. The van der Waals surface area contributed by atoms with E-state index in [9.17, 15) is 13.2 Å². The molecule has 0 saturated heterocycles. The summed E-state index contributed by atoms with van der Waals surface area (Å²) in [5, 5.41) is 9.52. The quantitative estimate of drug-likeness (QED) is 0.764. The zero-order valence-corrected chi connectivity index (χ0v) is 14.1. The molecule has 0 radical (unpaired) electrons. The molecule has 0 spiro atoms. The van der Waals surface area contributed by atoms with Crippen LogP contribution in [-0.4, -0.2) is 37.5 Å². The Bertz CT molecular complexity index is 599. The van der Waals surface area contributed by atoms with Crippen LogP contribution in [0.15, 0.2) is 23.1 Å². The summed E-state index contributed by atoms with van der Waals surface area (Å²) in [5.41, 5.74) is 0.662. The molecule has 21 heavy (non-hydrogen) atoms. The van der Waals surface area contributed by atoms with Gasteiger partial charge in [0.05, 0.1) is 10.5 Å². The predicted molar refractivity (Wildman–Crippen MR) is 85.6 cm³/mol. The molecule has 2 N–H and O–H groups in total.